The number of aryl methyl sites for hydroxylation is 2. The summed E-state index contributed by atoms with van der Waals surface area (Å²) in [7, 11) is 1.94. The van der Waals surface area contributed by atoms with Crippen molar-refractivity contribution in [3.8, 4) is 0 Å². The third-order valence-electron chi connectivity index (χ3n) is 3.46. The maximum Gasteiger partial charge on any atom is 0.141 e. The molecule has 2 aromatic rings. The maximum atomic E-state index is 13.0. The zero-order chi connectivity index (χ0) is 15.4. The number of hydrogen-bond donors (Lipinski definition) is 1. The van der Waals surface area contributed by atoms with E-state index in [9.17, 15) is 4.39 Å². The van der Waals surface area contributed by atoms with Gasteiger partial charge in [-0.3, -0.25) is 9.67 Å². The van der Waals surface area contributed by atoms with E-state index in [4.69, 9.17) is 0 Å². The molecule has 0 fully saturated rings. The van der Waals surface area contributed by atoms with E-state index in [-0.39, 0.29) is 11.9 Å². The smallest absolute Gasteiger partial charge is 0.141 e. The summed E-state index contributed by atoms with van der Waals surface area (Å²) in [5.41, 5.74) is 3.00. The highest BCUT2D eigenvalue weighted by molar-refractivity contribution is 9.10. The van der Waals surface area contributed by atoms with Gasteiger partial charge in [0.25, 0.3) is 0 Å². The van der Waals surface area contributed by atoms with Gasteiger partial charge in [0.1, 0.15) is 5.82 Å². The van der Waals surface area contributed by atoms with Crippen LogP contribution in [0.15, 0.2) is 22.8 Å². The third kappa shape index (κ3) is 3.68. The first kappa shape index (κ1) is 16.1. The number of likely N-dealkylation sites (N-methyl/N-ethyl adjacent to an activating group) is 1. The lowest BCUT2D eigenvalue weighted by atomic mass is 10.1. The number of rotatable bonds is 6. The highest BCUT2D eigenvalue weighted by Gasteiger charge is 2.19. The Labute approximate surface area is 132 Å². The molecule has 0 aromatic carbocycles. The Kier molecular flexibility index (Phi) is 5.47. The summed E-state index contributed by atoms with van der Waals surface area (Å²) in [4.78, 5) is 4.20. The van der Waals surface area contributed by atoms with Gasteiger partial charge in [0.05, 0.1) is 33.8 Å². The van der Waals surface area contributed by atoms with Crippen molar-refractivity contribution in [2.24, 2.45) is 7.05 Å². The second kappa shape index (κ2) is 7.13. The lowest BCUT2D eigenvalue weighted by Gasteiger charge is -2.17. The van der Waals surface area contributed by atoms with Crippen LogP contribution in [0.4, 0.5) is 4.39 Å². The van der Waals surface area contributed by atoms with Crippen molar-refractivity contribution in [3.63, 3.8) is 0 Å². The quantitative estimate of drug-likeness (QED) is 0.866. The Balaban J connectivity index is 2.28. The number of halogens is 2. The van der Waals surface area contributed by atoms with Gasteiger partial charge in [-0.1, -0.05) is 13.8 Å². The monoisotopic (exact) mass is 354 g/mol. The van der Waals surface area contributed by atoms with Gasteiger partial charge in [-0.2, -0.15) is 5.10 Å². The molecule has 2 rings (SSSR count). The highest BCUT2D eigenvalue weighted by atomic mass is 79.9. The molecule has 0 aliphatic heterocycles. The van der Waals surface area contributed by atoms with E-state index in [0.29, 0.717) is 0 Å². The van der Waals surface area contributed by atoms with E-state index in [1.54, 1.807) is 6.07 Å². The predicted octanol–water partition coefficient (Wildman–Crippen LogP) is 3.17. The maximum absolute atomic E-state index is 13.0. The van der Waals surface area contributed by atoms with Crippen LogP contribution in [-0.4, -0.2) is 21.3 Å². The van der Waals surface area contributed by atoms with E-state index in [2.05, 4.69) is 38.3 Å². The summed E-state index contributed by atoms with van der Waals surface area (Å²) in [5.74, 6) is -0.316. The van der Waals surface area contributed by atoms with Gasteiger partial charge in [-0.15, -0.1) is 0 Å². The minimum absolute atomic E-state index is 0.0343. The summed E-state index contributed by atoms with van der Waals surface area (Å²) >= 11 is 3.63. The topological polar surface area (TPSA) is 42.7 Å². The van der Waals surface area contributed by atoms with Gasteiger partial charge in [0.15, 0.2) is 0 Å². The number of aromatic nitrogens is 3. The molecule has 0 spiro atoms. The molecule has 0 bridgehead atoms. The molecule has 1 atom stereocenters. The summed E-state index contributed by atoms with van der Waals surface area (Å²) < 4.78 is 16.0. The van der Waals surface area contributed by atoms with Crippen LogP contribution in [0.3, 0.4) is 0 Å². The second-order valence-corrected chi connectivity index (χ2v) is 5.69. The van der Waals surface area contributed by atoms with Crippen LogP contribution in [0, 0.1) is 5.82 Å². The van der Waals surface area contributed by atoms with E-state index in [1.807, 2.05) is 18.7 Å². The first-order valence-electron chi connectivity index (χ1n) is 7.11. The molecular weight excluding hydrogens is 335 g/mol. The summed E-state index contributed by atoms with van der Waals surface area (Å²) in [6.45, 7) is 4.95. The minimum Gasteiger partial charge on any atom is -0.309 e. The Bertz CT molecular complexity index is 594. The summed E-state index contributed by atoms with van der Waals surface area (Å²) in [6, 6.07) is 3.21. The highest BCUT2D eigenvalue weighted by Crippen LogP contribution is 2.26. The molecule has 4 nitrogen and oxygen atoms in total. The normalized spacial score (nSPS) is 12.6. The molecular formula is C15H20BrFN4. The Morgan fingerprint density at radius 2 is 2.14 bits per heavy atom. The summed E-state index contributed by atoms with van der Waals surface area (Å²) in [6.07, 6.45) is 2.89. The van der Waals surface area contributed by atoms with Gasteiger partial charge < -0.3 is 5.32 Å². The first-order valence-corrected chi connectivity index (χ1v) is 7.91. The minimum atomic E-state index is -0.316. The Morgan fingerprint density at radius 1 is 1.38 bits per heavy atom. The fourth-order valence-electron chi connectivity index (χ4n) is 2.36. The molecule has 0 radical (unpaired) electrons. The molecule has 0 aliphatic rings. The van der Waals surface area contributed by atoms with Gasteiger partial charge >= 0.3 is 0 Å². The zero-order valence-electron chi connectivity index (χ0n) is 12.5. The molecule has 0 saturated carbocycles. The van der Waals surface area contributed by atoms with Crippen molar-refractivity contribution in [1.82, 2.24) is 20.1 Å². The van der Waals surface area contributed by atoms with Crippen molar-refractivity contribution in [1.29, 1.82) is 0 Å². The van der Waals surface area contributed by atoms with Gasteiger partial charge in [-0.05, 0) is 41.0 Å². The van der Waals surface area contributed by atoms with Gasteiger partial charge in [-0.25, -0.2) is 4.39 Å². The predicted molar refractivity (Wildman–Crippen MR) is 84.6 cm³/mol. The molecule has 2 aromatic heterocycles. The van der Waals surface area contributed by atoms with E-state index in [1.165, 1.54) is 12.3 Å². The van der Waals surface area contributed by atoms with E-state index in [0.717, 1.165) is 40.9 Å². The van der Waals surface area contributed by atoms with Crippen LogP contribution in [0.2, 0.25) is 0 Å². The zero-order valence-corrected chi connectivity index (χ0v) is 14.1. The molecule has 0 saturated heterocycles. The van der Waals surface area contributed by atoms with Crippen molar-refractivity contribution >= 4 is 15.9 Å². The van der Waals surface area contributed by atoms with Crippen LogP contribution in [0.25, 0.3) is 0 Å². The molecule has 1 N–H and O–H groups in total. The number of nitrogens with zero attached hydrogens (tertiary/aromatic N) is 3. The molecule has 114 valence electrons. The van der Waals surface area contributed by atoms with Crippen molar-refractivity contribution < 1.29 is 4.39 Å². The van der Waals surface area contributed by atoms with Crippen LogP contribution >= 0.6 is 15.9 Å². The average molecular weight is 355 g/mol. The number of nitrogens with one attached hydrogen (secondary N) is 1. The lowest BCUT2D eigenvalue weighted by molar-refractivity contribution is 0.513. The van der Waals surface area contributed by atoms with Crippen molar-refractivity contribution in [2.75, 3.05) is 6.54 Å². The number of pyridine rings is 1. The molecule has 1 unspecified atom stereocenters. The largest absolute Gasteiger partial charge is 0.309 e. The number of hydrogen-bond acceptors (Lipinski definition) is 3. The van der Waals surface area contributed by atoms with Crippen LogP contribution < -0.4 is 5.32 Å². The van der Waals surface area contributed by atoms with Crippen LogP contribution in [0.5, 0.6) is 0 Å². The van der Waals surface area contributed by atoms with E-state index < -0.39 is 0 Å². The fraction of sp³-hybridized carbons (Fsp3) is 0.467. The molecule has 2 heterocycles. The lowest BCUT2D eigenvalue weighted by Crippen LogP contribution is -2.25. The molecule has 21 heavy (non-hydrogen) atoms. The van der Waals surface area contributed by atoms with Gasteiger partial charge in [0, 0.05) is 13.5 Å². The van der Waals surface area contributed by atoms with E-state index >= 15 is 0 Å². The first-order chi connectivity index (χ1) is 10.1. The Morgan fingerprint density at radius 3 is 2.67 bits per heavy atom. The second-order valence-electron chi connectivity index (χ2n) is 4.90. The molecule has 0 amide bonds. The standard InChI is InChI=1S/C15H20BrFN4/c1-4-11-15(16)14(21(3)20-11)8-13(18-5-2)12-7-6-10(17)9-19-12/h6-7,9,13,18H,4-5,8H2,1-3H3. The van der Waals surface area contributed by atoms with Crippen molar-refractivity contribution in [2.45, 2.75) is 32.7 Å². The Hall–Kier alpha value is -1.27. The molecule has 6 heteroatoms. The van der Waals surface area contributed by atoms with Gasteiger partial charge in [0.2, 0.25) is 0 Å². The SMILES string of the molecule is CCNC(Cc1c(Br)c(CC)nn1C)c1ccc(F)cn1. The third-order valence-corrected chi connectivity index (χ3v) is 4.37. The van der Waals surface area contributed by atoms with Crippen LogP contribution in [0.1, 0.15) is 37.0 Å². The average Bonchev–Trinajstić information content (AvgIpc) is 2.75. The summed E-state index contributed by atoms with van der Waals surface area (Å²) in [5, 5.41) is 7.91. The fourth-order valence-corrected chi connectivity index (χ4v) is 3.13. The van der Waals surface area contributed by atoms with Crippen molar-refractivity contribution in [3.05, 3.63) is 45.7 Å². The molecule has 0 aliphatic carbocycles. The van der Waals surface area contributed by atoms with Crippen LogP contribution in [-0.2, 0) is 19.9 Å².